The van der Waals surface area contributed by atoms with Crippen molar-refractivity contribution in [3.05, 3.63) is 64.4 Å². The first-order valence-electron chi connectivity index (χ1n) is 9.74. The molecule has 0 aliphatic carbocycles. The van der Waals surface area contributed by atoms with E-state index in [9.17, 15) is 9.59 Å². The molecule has 1 aliphatic rings. The molecule has 5 nitrogen and oxygen atoms in total. The van der Waals surface area contributed by atoms with E-state index in [4.69, 9.17) is 5.73 Å². The molecule has 6 heteroatoms. The first kappa shape index (κ1) is 20.3. The minimum atomic E-state index is -0.590. The fourth-order valence-electron chi connectivity index (χ4n) is 3.41. The second-order valence-electron chi connectivity index (χ2n) is 7.02. The van der Waals surface area contributed by atoms with E-state index >= 15 is 0 Å². The van der Waals surface area contributed by atoms with Crippen molar-refractivity contribution in [2.24, 2.45) is 5.73 Å². The highest BCUT2D eigenvalue weighted by atomic mass is 32.1. The van der Waals surface area contributed by atoms with Crippen LogP contribution in [-0.2, 0) is 22.4 Å². The van der Waals surface area contributed by atoms with Gasteiger partial charge in [-0.1, -0.05) is 43.7 Å². The minimum Gasteiger partial charge on any atom is -0.349 e. The van der Waals surface area contributed by atoms with Crippen LogP contribution in [0.1, 0.15) is 30.2 Å². The number of nitrogens with two attached hydrogens (primary N) is 1. The normalized spacial score (nSPS) is 15.4. The molecule has 148 valence electrons. The highest BCUT2D eigenvalue weighted by molar-refractivity contribution is 7.09. The summed E-state index contributed by atoms with van der Waals surface area (Å²) in [4.78, 5) is 28.0. The van der Waals surface area contributed by atoms with Crippen LogP contribution in [-0.4, -0.2) is 30.4 Å². The lowest BCUT2D eigenvalue weighted by atomic mass is 10.1. The van der Waals surface area contributed by atoms with Crippen LogP contribution < -0.4 is 16.0 Å². The van der Waals surface area contributed by atoms with Gasteiger partial charge in [0.15, 0.2) is 0 Å². The fraction of sp³-hybridized carbons (Fsp3) is 0.364. The summed E-state index contributed by atoms with van der Waals surface area (Å²) in [7, 11) is 0. The molecule has 2 atom stereocenters. The summed E-state index contributed by atoms with van der Waals surface area (Å²) in [6.45, 7) is 2.75. The number of nitrogens with zero attached hydrogens (tertiary/aromatic N) is 1. The Bertz CT molecular complexity index is 832. The van der Waals surface area contributed by atoms with Gasteiger partial charge in [-0.2, -0.15) is 0 Å². The molecule has 0 saturated heterocycles. The van der Waals surface area contributed by atoms with Crippen LogP contribution in [0.4, 0.5) is 5.69 Å². The van der Waals surface area contributed by atoms with Crippen molar-refractivity contribution in [1.82, 2.24) is 5.32 Å². The lowest BCUT2D eigenvalue weighted by Crippen LogP contribution is -2.45. The van der Waals surface area contributed by atoms with Crippen molar-refractivity contribution in [3.8, 4) is 0 Å². The lowest BCUT2D eigenvalue weighted by molar-refractivity contribution is -0.122. The Balaban J connectivity index is 1.59. The van der Waals surface area contributed by atoms with Crippen LogP contribution in [0, 0.1) is 0 Å². The van der Waals surface area contributed by atoms with Gasteiger partial charge in [0.05, 0.1) is 6.04 Å². The van der Waals surface area contributed by atoms with Crippen molar-refractivity contribution in [2.45, 2.75) is 44.7 Å². The number of nitrogens with one attached hydrogen (secondary N) is 1. The second-order valence-corrected chi connectivity index (χ2v) is 8.05. The molecule has 1 aromatic carbocycles. The summed E-state index contributed by atoms with van der Waals surface area (Å²) >= 11 is 1.60. The van der Waals surface area contributed by atoms with E-state index in [0.717, 1.165) is 29.8 Å². The van der Waals surface area contributed by atoms with Gasteiger partial charge in [0.1, 0.15) is 0 Å². The third kappa shape index (κ3) is 5.09. The zero-order valence-electron chi connectivity index (χ0n) is 16.1. The molecule has 2 aromatic rings. The number of carbonyl (C=O) groups is 2. The molecule has 0 radical (unpaired) electrons. The molecule has 2 heterocycles. The van der Waals surface area contributed by atoms with E-state index in [0.29, 0.717) is 13.0 Å². The van der Waals surface area contributed by atoms with Crippen LogP contribution in [0.5, 0.6) is 0 Å². The van der Waals surface area contributed by atoms with Crippen LogP contribution in [0.25, 0.3) is 0 Å². The van der Waals surface area contributed by atoms with Gasteiger partial charge < -0.3 is 16.0 Å². The number of anilines is 1. The Morgan fingerprint density at radius 2 is 2.11 bits per heavy atom. The van der Waals surface area contributed by atoms with E-state index in [-0.39, 0.29) is 17.9 Å². The van der Waals surface area contributed by atoms with Crippen LogP contribution in [0.15, 0.2) is 53.9 Å². The Labute approximate surface area is 170 Å². The first-order chi connectivity index (χ1) is 13.6. The molecule has 0 fully saturated rings. The standard InChI is InChI=1S/C22H27N3O2S/c1-2-6-17(24-22(27)19(23)15-18-8-5-14-28-18)10-11-21(26)25-13-12-16-7-3-4-9-20(16)25/h3-5,7-11,14,17,19H,2,6,12-13,15,23H2,1H3,(H,24,27). The Kier molecular flexibility index (Phi) is 7.01. The highest BCUT2D eigenvalue weighted by Gasteiger charge is 2.23. The molecule has 1 aromatic heterocycles. The van der Waals surface area contributed by atoms with Gasteiger partial charge in [0.2, 0.25) is 5.91 Å². The number of para-hydroxylation sites is 1. The van der Waals surface area contributed by atoms with Crippen LogP contribution in [0.2, 0.25) is 0 Å². The quantitative estimate of drug-likeness (QED) is 0.672. The predicted molar refractivity (Wildman–Crippen MR) is 114 cm³/mol. The molecule has 2 unspecified atom stereocenters. The maximum atomic E-state index is 12.7. The average molecular weight is 398 g/mol. The summed E-state index contributed by atoms with van der Waals surface area (Å²) in [6.07, 6.45) is 6.43. The summed E-state index contributed by atoms with van der Waals surface area (Å²) in [5.41, 5.74) is 8.23. The number of hydrogen-bond donors (Lipinski definition) is 2. The Morgan fingerprint density at radius 3 is 2.86 bits per heavy atom. The minimum absolute atomic E-state index is 0.0526. The Hall–Kier alpha value is -2.44. The molecule has 0 saturated carbocycles. The SMILES string of the molecule is CCCC(C=CC(=O)N1CCc2ccccc21)NC(=O)C(N)Cc1cccs1. The molecule has 1 aliphatic heterocycles. The molecule has 2 amide bonds. The van der Waals surface area contributed by atoms with Crippen molar-refractivity contribution in [2.75, 3.05) is 11.4 Å². The maximum absolute atomic E-state index is 12.7. The summed E-state index contributed by atoms with van der Waals surface area (Å²) in [5, 5.41) is 4.96. The van der Waals surface area contributed by atoms with Gasteiger partial charge in [-0.25, -0.2) is 0 Å². The molecular weight excluding hydrogens is 370 g/mol. The maximum Gasteiger partial charge on any atom is 0.250 e. The van der Waals surface area contributed by atoms with E-state index in [1.807, 2.05) is 35.7 Å². The highest BCUT2D eigenvalue weighted by Crippen LogP contribution is 2.27. The molecule has 3 N–H and O–H groups in total. The van der Waals surface area contributed by atoms with Crippen molar-refractivity contribution in [3.63, 3.8) is 0 Å². The molecule has 0 spiro atoms. The number of rotatable bonds is 8. The predicted octanol–water partition coefficient (Wildman–Crippen LogP) is 3.05. The number of fused-ring (bicyclic) bond motifs is 1. The lowest BCUT2D eigenvalue weighted by Gasteiger charge is -2.19. The van der Waals surface area contributed by atoms with E-state index in [1.54, 1.807) is 28.4 Å². The molecular formula is C22H27N3O2S. The smallest absolute Gasteiger partial charge is 0.250 e. The van der Waals surface area contributed by atoms with Gasteiger partial charge >= 0.3 is 0 Å². The summed E-state index contributed by atoms with van der Waals surface area (Å²) in [6, 6.07) is 11.1. The molecule has 0 bridgehead atoms. The van der Waals surface area contributed by atoms with E-state index in [2.05, 4.69) is 18.3 Å². The molecule has 3 rings (SSSR count). The first-order valence-corrected chi connectivity index (χ1v) is 10.6. The van der Waals surface area contributed by atoms with Crippen molar-refractivity contribution < 1.29 is 9.59 Å². The van der Waals surface area contributed by atoms with Gasteiger partial charge in [-0.05, 0) is 35.9 Å². The van der Waals surface area contributed by atoms with E-state index in [1.165, 1.54) is 5.56 Å². The largest absolute Gasteiger partial charge is 0.349 e. The van der Waals surface area contributed by atoms with Crippen LogP contribution >= 0.6 is 11.3 Å². The molecule has 28 heavy (non-hydrogen) atoms. The van der Waals surface area contributed by atoms with E-state index < -0.39 is 6.04 Å². The number of hydrogen-bond acceptors (Lipinski definition) is 4. The van der Waals surface area contributed by atoms with Gasteiger partial charge in [-0.15, -0.1) is 11.3 Å². The van der Waals surface area contributed by atoms with Gasteiger partial charge in [0, 0.05) is 35.6 Å². The number of benzene rings is 1. The number of amides is 2. The average Bonchev–Trinajstić information content (AvgIpc) is 3.35. The number of carbonyl (C=O) groups excluding carboxylic acids is 2. The van der Waals surface area contributed by atoms with Crippen molar-refractivity contribution in [1.29, 1.82) is 0 Å². The monoisotopic (exact) mass is 397 g/mol. The fourth-order valence-corrected chi connectivity index (χ4v) is 4.18. The van der Waals surface area contributed by atoms with Crippen LogP contribution in [0.3, 0.4) is 0 Å². The third-order valence-corrected chi connectivity index (χ3v) is 5.79. The van der Waals surface area contributed by atoms with Crippen molar-refractivity contribution >= 4 is 28.8 Å². The Morgan fingerprint density at radius 1 is 1.29 bits per heavy atom. The summed E-state index contributed by atoms with van der Waals surface area (Å²) in [5.74, 6) is -0.237. The van der Waals surface area contributed by atoms with Gasteiger partial charge in [0.25, 0.3) is 5.91 Å². The third-order valence-electron chi connectivity index (χ3n) is 4.89. The topological polar surface area (TPSA) is 75.4 Å². The zero-order chi connectivity index (χ0) is 19.9. The number of thiophene rings is 1. The zero-order valence-corrected chi connectivity index (χ0v) is 17.0. The van der Waals surface area contributed by atoms with Gasteiger partial charge in [-0.3, -0.25) is 9.59 Å². The second kappa shape index (κ2) is 9.66. The summed E-state index contributed by atoms with van der Waals surface area (Å²) < 4.78 is 0.